The normalized spacial score (nSPS) is 20.0. The summed E-state index contributed by atoms with van der Waals surface area (Å²) < 4.78 is 47.2. The molecule has 3 aromatic rings. The van der Waals surface area contributed by atoms with Crippen LogP contribution in [0.15, 0.2) is 71.7 Å². The number of halogens is 5. The van der Waals surface area contributed by atoms with Gasteiger partial charge in [0, 0.05) is 42.3 Å². The average Bonchev–Trinajstić information content (AvgIpc) is 3.49. The van der Waals surface area contributed by atoms with Crippen LogP contribution in [0.3, 0.4) is 0 Å². The van der Waals surface area contributed by atoms with Crippen molar-refractivity contribution < 1.29 is 32.3 Å². The number of nitrogens with one attached hydrogen (secondary N) is 2. The van der Waals surface area contributed by atoms with Gasteiger partial charge in [-0.25, -0.2) is 9.59 Å². The molecule has 6 rings (SSSR count). The van der Waals surface area contributed by atoms with E-state index >= 15 is 0 Å². The number of amidine groups is 1. The SMILES string of the molecule is CCOc1cc(C(F)(F)F)ccc1C1=NC(c2ccc(Cl)cc2)C(c2ccc(Cl)cc2)N1C(=O)N1CCC(NC(=O)N2CCNC(=O)C2)CC1. The molecular weight excluding hydrogens is 696 g/mol. The third-order valence-electron chi connectivity index (χ3n) is 8.96. The van der Waals surface area contributed by atoms with Gasteiger partial charge in [-0.15, -0.1) is 0 Å². The first-order valence-electron chi connectivity index (χ1n) is 16.3. The number of carbonyl (C=O) groups is 3. The second kappa shape index (κ2) is 14.8. The number of ether oxygens (including phenoxy) is 1. The van der Waals surface area contributed by atoms with E-state index in [-0.39, 0.29) is 48.3 Å². The van der Waals surface area contributed by atoms with E-state index < -0.39 is 29.9 Å². The molecule has 15 heteroatoms. The van der Waals surface area contributed by atoms with Crippen LogP contribution in [0.5, 0.6) is 5.75 Å². The molecule has 3 aromatic carbocycles. The number of carbonyl (C=O) groups excluding carboxylic acids is 3. The van der Waals surface area contributed by atoms with Crippen LogP contribution in [0.4, 0.5) is 22.8 Å². The van der Waals surface area contributed by atoms with Gasteiger partial charge in [-0.2, -0.15) is 13.2 Å². The molecule has 0 saturated carbocycles. The molecule has 2 saturated heterocycles. The summed E-state index contributed by atoms with van der Waals surface area (Å²) in [4.78, 5) is 49.0. The maximum atomic E-state index is 14.7. The van der Waals surface area contributed by atoms with E-state index in [1.807, 2.05) is 0 Å². The lowest BCUT2D eigenvalue weighted by Crippen LogP contribution is -2.56. The number of hydrogen-bond donors (Lipinski definition) is 2. The molecule has 2 unspecified atom stereocenters. The van der Waals surface area contributed by atoms with Gasteiger partial charge < -0.3 is 25.2 Å². The molecule has 2 N–H and O–H groups in total. The van der Waals surface area contributed by atoms with E-state index in [0.717, 1.165) is 17.7 Å². The van der Waals surface area contributed by atoms with Crippen molar-refractivity contribution in [1.29, 1.82) is 0 Å². The number of hydrogen-bond acceptors (Lipinski definition) is 5. The second-order valence-corrected chi connectivity index (χ2v) is 13.1. The Labute approximate surface area is 297 Å². The average molecular weight is 732 g/mol. The molecule has 10 nitrogen and oxygen atoms in total. The molecule has 2 fully saturated rings. The van der Waals surface area contributed by atoms with E-state index in [1.54, 1.807) is 60.4 Å². The second-order valence-electron chi connectivity index (χ2n) is 12.2. The van der Waals surface area contributed by atoms with Gasteiger partial charge in [0.2, 0.25) is 5.91 Å². The van der Waals surface area contributed by atoms with Gasteiger partial charge in [-0.3, -0.25) is 14.7 Å². The van der Waals surface area contributed by atoms with Crippen LogP contribution >= 0.6 is 23.2 Å². The third kappa shape index (κ3) is 7.63. The fourth-order valence-corrected chi connectivity index (χ4v) is 6.71. The Hall–Kier alpha value is -4.49. The fourth-order valence-electron chi connectivity index (χ4n) is 6.46. The lowest BCUT2D eigenvalue weighted by Gasteiger charge is -2.38. The number of alkyl halides is 3. The van der Waals surface area contributed by atoms with Crippen molar-refractivity contribution in [2.75, 3.05) is 39.3 Å². The van der Waals surface area contributed by atoms with E-state index in [2.05, 4.69) is 10.6 Å². The molecule has 2 atom stereocenters. The molecule has 0 aromatic heterocycles. The number of nitrogens with zero attached hydrogens (tertiary/aromatic N) is 4. The zero-order valence-corrected chi connectivity index (χ0v) is 28.6. The van der Waals surface area contributed by atoms with Crippen LogP contribution in [-0.2, 0) is 11.0 Å². The fraction of sp³-hybridized carbons (Fsp3) is 0.371. The lowest BCUT2D eigenvalue weighted by atomic mass is 9.93. The number of urea groups is 2. The smallest absolute Gasteiger partial charge is 0.416 e. The Balaban J connectivity index is 1.35. The Kier molecular flexibility index (Phi) is 10.4. The van der Waals surface area contributed by atoms with Gasteiger partial charge in [-0.05, 0) is 73.4 Å². The van der Waals surface area contributed by atoms with E-state index in [1.165, 1.54) is 15.9 Å². The highest BCUT2D eigenvalue weighted by molar-refractivity contribution is 6.30. The van der Waals surface area contributed by atoms with Crippen molar-refractivity contribution in [3.63, 3.8) is 0 Å². The summed E-state index contributed by atoms with van der Waals surface area (Å²) in [6, 6.07) is 14.9. The van der Waals surface area contributed by atoms with Crippen molar-refractivity contribution in [3.8, 4) is 5.75 Å². The van der Waals surface area contributed by atoms with Gasteiger partial charge in [0.25, 0.3) is 0 Å². The Morgan fingerprint density at radius 3 is 2.18 bits per heavy atom. The predicted molar refractivity (Wildman–Crippen MR) is 182 cm³/mol. The highest BCUT2D eigenvalue weighted by Crippen LogP contribution is 2.46. The molecule has 5 amide bonds. The zero-order chi connectivity index (χ0) is 35.6. The van der Waals surface area contributed by atoms with Crippen molar-refractivity contribution >= 4 is 47.0 Å². The molecular formula is C35H35Cl2F3N6O4. The molecule has 0 aliphatic carbocycles. The summed E-state index contributed by atoms with van der Waals surface area (Å²) in [5.74, 6) is -0.119. The summed E-state index contributed by atoms with van der Waals surface area (Å²) >= 11 is 12.5. The summed E-state index contributed by atoms with van der Waals surface area (Å²) in [7, 11) is 0. The Bertz CT molecular complexity index is 1770. The topological polar surface area (TPSA) is 107 Å². The zero-order valence-electron chi connectivity index (χ0n) is 27.1. The maximum absolute atomic E-state index is 14.7. The van der Waals surface area contributed by atoms with Crippen LogP contribution in [0.25, 0.3) is 0 Å². The minimum absolute atomic E-state index is 0.0191. The number of amides is 5. The first kappa shape index (κ1) is 35.3. The third-order valence-corrected chi connectivity index (χ3v) is 9.47. The van der Waals surface area contributed by atoms with E-state index in [4.69, 9.17) is 32.9 Å². The molecule has 264 valence electrons. The van der Waals surface area contributed by atoms with Crippen LogP contribution in [-0.4, -0.2) is 83.9 Å². The largest absolute Gasteiger partial charge is 0.493 e. The Morgan fingerprint density at radius 2 is 1.58 bits per heavy atom. The molecule has 0 radical (unpaired) electrons. The highest BCUT2D eigenvalue weighted by Gasteiger charge is 2.45. The number of rotatable bonds is 6. The summed E-state index contributed by atoms with van der Waals surface area (Å²) in [6.45, 7) is 3.10. The first-order chi connectivity index (χ1) is 23.9. The van der Waals surface area contributed by atoms with Crippen molar-refractivity contribution in [2.45, 2.75) is 44.1 Å². The molecule has 0 spiro atoms. The summed E-state index contributed by atoms with van der Waals surface area (Å²) in [6.07, 6.45) is -3.71. The minimum atomic E-state index is -4.62. The van der Waals surface area contributed by atoms with Gasteiger partial charge >= 0.3 is 18.2 Å². The Morgan fingerprint density at radius 1 is 0.940 bits per heavy atom. The summed E-state index contributed by atoms with van der Waals surface area (Å²) in [5.41, 5.74) is 0.786. The standard InChI is InChI=1S/C35H35Cl2F3N6O4/c1-2-50-28-19-23(35(38,39)40)7-12-27(28)32-43-30(21-3-8-24(36)9-4-21)31(22-5-10-25(37)11-6-22)46(32)34(49)44-16-13-26(14-17-44)42-33(48)45-18-15-41-29(47)20-45/h3-12,19,26,30-31H,2,13-18,20H2,1H3,(H,41,47)(H,42,48). The summed E-state index contributed by atoms with van der Waals surface area (Å²) in [5, 5.41) is 6.68. The molecule has 3 aliphatic heterocycles. The number of aliphatic imine (C=N–C) groups is 1. The lowest BCUT2D eigenvalue weighted by molar-refractivity contribution is -0.137. The van der Waals surface area contributed by atoms with Crippen LogP contribution < -0.4 is 15.4 Å². The predicted octanol–water partition coefficient (Wildman–Crippen LogP) is 6.68. The number of piperazine rings is 1. The number of likely N-dealkylation sites (tertiary alicyclic amines) is 1. The molecule has 3 aliphatic rings. The highest BCUT2D eigenvalue weighted by atomic mass is 35.5. The van der Waals surface area contributed by atoms with E-state index in [0.29, 0.717) is 54.6 Å². The van der Waals surface area contributed by atoms with E-state index in [9.17, 15) is 27.6 Å². The number of benzene rings is 3. The van der Waals surface area contributed by atoms with Crippen LogP contribution in [0, 0.1) is 0 Å². The molecule has 0 bridgehead atoms. The number of piperidine rings is 1. The monoisotopic (exact) mass is 730 g/mol. The molecule has 50 heavy (non-hydrogen) atoms. The van der Waals surface area contributed by atoms with Crippen molar-refractivity contribution in [2.24, 2.45) is 4.99 Å². The van der Waals surface area contributed by atoms with Crippen LogP contribution in [0.1, 0.15) is 54.1 Å². The minimum Gasteiger partial charge on any atom is -0.493 e. The van der Waals surface area contributed by atoms with Gasteiger partial charge in [0.1, 0.15) is 24.2 Å². The van der Waals surface area contributed by atoms with Crippen molar-refractivity contribution in [3.05, 3.63) is 99.0 Å². The van der Waals surface area contributed by atoms with Gasteiger partial charge in [0.15, 0.2) is 0 Å². The van der Waals surface area contributed by atoms with Crippen molar-refractivity contribution in [1.82, 2.24) is 25.3 Å². The van der Waals surface area contributed by atoms with Gasteiger partial charge in [0.05, 0.1) is 23.8 Å². The van der Waals surface area contributed by atoms with Crippen LogP contribution in [0.2, 0.25) is 10.0 Å². The van der Waals surface area contributed by atoms with Gasteiger partial charge in [-0.1, -0.05) is 47.5 Å². The quantitative estimate of drug-likeness (QED) is 0.295. The maximum Gasteiger partial charge on any atom is 0.416 e. The first-order valence-corrected chi connectivity index (χ1v) is 17.0. The molecule has 3 heterocycles.